The molecule has 0 unspecified atom stereocenters. The molecular weight excluding hydrogens is 228 g/mol. The lowest BCUT2D eigenvalue weighted by atomic mass is 9.97. The van der Waals surface area contributed by atoms with Gasteiger partial charge in [-0.15, -0.1) is 0 Å². The number of nitrogens with two attached hydrogens (primary N) is 1. The van der Waals surface area contributed by atoms with Crippen molar-refractivity contribution in [2.45, 2.75) is 52.1 Å². The van der Waals surface area contributed by atoms with Crippen LogP contribution in [0, 0.1) is 0 Å². The molecule has 0 fully saturated rings. The highest BCUT2D eigenvalue weighted by atomic mass is 16.3. The summed E-state index contributed by atoms with van der Waals surface area (Å²) in [5.74, 6) is 1.26. The molecule has 0 aliphatic rings. The highest BCUT2D eigenvalue weighted by molar-refractivity contribution is 5.55. The fourth-order valence-electron chi connectivity index (χ4n) is 1.82. The number of aliphatic hydroxyl groups is 1. The van der Waals surface area contributed by atoms with Crippen molar-refractivity contribution in [1.82, 2.24) is 9.97 Å². The van der Waals surface area contributed by atoms with Gasteiger partial charge in [0.15, 0.2) is 0 Å². The fourth-order valence-corrected chi connectivity index (χ4v) is 1.82. The minimum atomic E-state index is -0.691. The van der Waals surface area contributed by atoms with Crippen LogP contribution in [-0.4, -0.2) is 27.2 Å². The van der Waals surface area contributed by atoms with Crippen molar-refractivity contribution >= 4 is 11.6 Å². The van der Waals surface area contributed by atoms with E-state index in [9.17, 15) is 5.11 Å². The highest BCUT2D eigenvalue weighted by Gasteiger charge is 2.22. The SMILES string of the molecule is CCCc1c(N)ncnc1NCC(O)(CC)CC. The standard InChI is InChI=1S/C13H24N4O/c1-4-7-10-11(14)16-9-17-12(10)15-8-13(18,5-2)6-3/h9,18H,4-8H2,1-3H3,(H3,14,15,16,17). The summed E-state index contributed by atoms with van der Waals surface area (Å²) in [6.45, 7) is 6.52. The largest absolute Gasteiger partial charge is 0.388 e. The van der Waals surface area contributed by atoms with Gasteiger partial charge < -0.3 is 16.2 Å². The summed E-state index contributed by atoms with van der Waals surface area (Å²) in [7, 11) is 0. The molecular formula is C13H24N4O. The van der Waals surface area contributed by atoms with Crippen LogP contribution in [0.25, 0.3) is 0 Å². The molecule has 0 aromatic carbocycles. The molecule has 0 aliphatic carbocycles. The van der Waals surface area contributed by atoms with Crippen molar-refractivity contribution < 1.29 is 5.11 Å². The number of nitrogens with one attached hydrogen (secondary N) is 1. The van der Waals surface area contributed by atoms with Gasteiger partial charge in [-0.3, -0.25) is 0 Å². The molecule has 0 saturated carbocycles. The molecule has 1 aromatic rings. The van der Waals surface area contributed by atoms with Gasteiger partial charge in [0, 0.05) is 12.1 Å². The molecule has 0 radical (unpaired) electrons. The maximum atomic E-state index is 10.2. The molecule has 0 saturated heterocycles. The molecule has 5 heteroatoms. The number of anilines is 2. The van der Waals surface area contributed by atoms with E-state index in [0.717, 1.165) is 24.2 Å². The third-order valence-electron chi connectivity index (χ3n) is 3.38. The Morgan fingerprint density at radius 1 is 1.28 bits per heavy atom. The third-order valence-corrected chi connectivity index (χ3v) is 3.38. The lowest BCUT2D eigenvalue weighted by molar-refractivity contribution is 0.0456. The van der Waals surface area contributed by atoms with Gasteiger partial charge in [-0.05, 0) is 19.3 Å². The van der Waals surface area contributed by atoms with E-state index in [1.165, 1.54) is 6.33 Å². The van der Waals surface area contributed by atoms with E-state index < -0.39 is 5.60 Å². The number of aromatic nitrogens is 2. The maximum absolute atomic E-state index is 10.2. The molecule has 0 bridgehead atoms. The van der Waals surface area contributed by atoms with E-state index in [2.05, 4.69) is 22.2 Å². The normalized spacial score (nSPS) is 11.6. The molecule has 5 nitrogen and oxygen atoms in total. The molecule has 0 atom stereocenters. The summed E-state index contributed by atoms with van der Waals surface area (Å²) < 4.78 is 0. The van der Waals surface area contributed by atoms with Crippen LogP contribution >= 0.6 is 0 Å². The van der Waals surface area contributed by atoms with E-state index in [4.69, 9.17) is 5.73 Å². The van der Waals surface area contributed by atoms with E-state index in [0.29, 0.717) is 25.2 Å². The summed E-state index contributed by atoms with van der Waals surface area (Å²) in [5, 5.41) is 13.4. The predicted octanol–water partition coefficient (Wildman–Crippen LogP) is 1.97. The minimum Gasteiger partial charge on any atom is -0.388 e. The molecule has 0 spiro atoms. The topological polar surface area (TPSA) is 84.1 Å². The van der Waals surface area contributed by atoms with Crippen LogP contribution < -0.4 is 11.1 Å². The molecule has 4 N–H and O–H groups in total. The molecule has 0 aliphatic heterocycles. The molecule has 0 amide bonds. The summed E-state index contributed by atoms with van der Waals surface area (Å²) in [5.41, 5.74) is 6.11. The van der Waals surface area contributed by atoms with Crippen molar-refractivity contribution in [2.24, 2.45) is 0 Å². The quantitative estimate of drug-likeness (QED) is 0.691. The van der Waals surface area contributed by atoms with Gasteiger partial charge in [-0.1, -0.05) is 27.2 Å². The zero-order valence-corrected chi connectivity index (χ0v) is 11.5. The number of hydrogen-bond donors (Lipinski definition) is 3. The zero-order chi connectivity index (χ0) is 13.6. The maximum Gasteiger partial charge on any atom is 0.134 e. The lowest BCUT2D eigenvalue weighted by Gasteiger charge is -2.26. The molecule has 1 rings (SSSR count). The smallest absolute Gasteiger partial charge is 0.134 e. The number of rotatable bonds is 7. The van der Waals surface area contributed by atoms with Crippen LogP contribution in [0.3, 0.4) is 0 Å². The van der Waals surface area contributed by atoms with Crippen LogP contribution in [0.5, 0.6) is 0 Å². The van der Waals surface area contributed by atoms with Gasteiger partial charge in [0.1, 0.15) is 18.0 Å². The van der Waals surface area contributed by atoms with Gasteiger partial charge in [0.2, 0.25) is 0 Å². The Hall–Kier alpha value is -1.36. The van der Waals surface area contributed by atoms with Crippen LogP contribution in [0.1, 0.15) is 45.6 Å². The zero-order valence-electron chi connectivity index (χ0n) is 11.5. The van der Waals surface area contributed by atoms with Crippen molar-refractivity contribution in [1.29, 1.82) is 0 Å². The third kappa shape index (κ3) is 3.57. The van der Waals surface area contributed by atoms with E-state index in [-0.39, 0.29) is 0 Å². The number of nitrogen functional groups attached to an aromatic ring is 1. The monoisotopic (exact) mass is 252 g/mol. The van der Waals surface area contributed by atoms with Gasteiger partial charge >= 0.3 is 0 Å². The second-order valence-corrected chi connectivity index (χ2v) is 4.62. The predicted molar refractivity (Wildman–Crippen MR) is 74.5 cm³/mol. The van der Waals surface area contributed by atoms with Gasteiger partial charge in [-0.2, -0.15) is 0 Å². The van der Waals surface area contributed by atoms with E-state index in [1.54, 1.807) is 0 Å². The summed E-state index contributed by atoms with van der Waals surface area (Å²) >= 11 is 0. The molecule has 18 heavy (non-hydrogen) atoms. The molecule has 102 valence electrons. The van der Waals surface area contributed by atoms with E-state index in [1.807, 2.05) is 13.8 Å². The first-order chi connectivity index (χ1) is 8.56. The molecule has 1 aromatic heterocycles. The Kier molecular flexibility index (Phi) is 5.34. The Bertz CT molecular complexity index is 377. The Morgan fingerprint density at radius 3 is 2.50 bits per heavy atom. The Morgan fingerprint density at radius 2 is 1.94 bits per heavy atom. The second-order valence-electron chi connectivity index (χ2n) is 4.62. The molecule has 1 heterocycles. The van der Waals surface area contributed by atoms with Crippen molar-refractivity contribution in [3.05, 3.63) is 11.9 Å². The van der Waals surface area contributed by atoms with Crippen molar-refractivity contribution in [2.75, 3.05) is 17.6 Å². The van der Waals surface area contributed by atoms with Crippen molar-refractivity contribution in [3.63, 3.8) is 0 Å². The Labute approximate surface area is 109 Å². The van der Waals surface area contributed by atoms with Gasteiger partial charge in [0.05, 0.1) is 5.60 Å². The summed E-state index contributed by atoms with van der Waals surface area (Å²) in [6, 6.07) is 0. The number of hydrogen-bond acceptors (Lipinski definition) is 5. The first-order valence-electron chi connectivity index (χ1n) is 6.61. The van der Waals surface area contributed by atoms with Crippen LogP contribution in [-0.2, 0) is 6.42 Å². The fraction of sp³-hybridized carbons (Fsp3) is 0.692. The Balaban J connectivity index is 2.81. The van der Waals surface area contributed by atoms with Gasteiger partial charge in [0.25, 0.3) is 0 Å². The van der Waals surface area contributed by atoms with Crippen LogP contribution in [0.15, 0.2) is 6.33 Å². The minimum absolute atomic E-state index is 0.479. The summed E-state index contributed by atoms with van der Waals surface area (Å²) in [4.78, 5) is 8.22. The van der Waals surface area contributed by atoms with E-state index >= 15 is 0 Å². The average Bonchev–Trinajstić information content (AvgIpc) is 2.39. The summed E-state index contributed by atoms with van der Waals surface area (Å²) in [6.07, 6.45) is 4.69. The van der Waals surface area contributed by atoms with Crippen LogP contribution in [0.4, 0.5) is 11.6 Å². The first kappa shape index (κ1) is 14.7. The highest BCUT2D eigenvalue weighted by Crippen LogP contribution is 2.21. The van der Waals surface area contributed by atoms with Crippen LogP contribution in [0.2, 0.25) is 0 Å². The van der Waals surface area contributed by atoms with Gasteiger partial charge in [-0.25, -0.2) is 9.97 Å². The average molecular weight is 252 g/mol. The second kappa shape index (κ2) is 6.54. The lowest BCUT2D eigenvalue weighted by Crippen LogP contribution is -2.35. The first-order valence-corrected chi connectivity index (χ1v) is 6.61. The van der Waals surface area contributed by atoms with Crippen molar-refractivity contribution in [3.8, 4) is 0 Å². The number of nitrogens with zero attached hydrogens (tertiary/aromatic N) is 2.